The van der Waals surface area contributed by atoms with Crippen LogP contribution in [0.15, 0.2) is 24.3 Å². The highest BCUT2D eigenvalue weighted by Crippen LogP contribution is 2.28. The Morgan fingerprint density at radius 1 is 1.19 bits per heavy atom. The predicted molar refractivity (Wildman–Crippen MR) is 84.2 cm³/mol. The molecular weight excluding hydrogens is 286 g/mol. The Bertz CT molecular complexity index is 553. The SMILES string of the molecule is CC1CCCC(N(C)S(=O)(=O)Cc2ccc(CO)cc2)C1. The molecule has 0 aromatic heterocycles. The van der Waals surface area contributed by atoms with E-state index in [-0.39, 0.29) is 18.4 Å². The van der Waals surface area contributed by atoms with Crippen LogP contribution in [0.1, 0.15) is 43.7 Å². The molecule has 1 aromatic carbocycles. The highest BCUT2D eigenvalue weighted by Gasteiger charge is 2.29. The van der Waals surface area contributed by atoms with Crippen molar-refractivity contribution in [1.29, 1.82) is 0 Å². The van der Waals surface area contributed by atoms with Crippen molar-refractivity contribution in [3.8, 4) is 0 Å². The van der Waals surface area contributed by atoms with Crippen LogP contribution in [0.25, 0.3) is 0 Å². The fourth-order valence-electron chi connectivity index (χ4n) is 3.01. The number of rotatable bonds is 5. The van der Waals surface area contributed by atoms with Crippen molar-refractivity contribution >= 4 is 10.0 Å². The largest absolute Gasteiger partial charge is 0.392 e. The first-order chi connectivity index (χ1) is 9.92. The maximum Gasteiger partial charge on any atom is 0.218 e. The summed E-state index contributed by atoms with van der Waals surface area (Å²) in [5, 5.41) is 9.02. The number of sulfonamides is 1. The summed E-state index contributed by atoms with van der Waals surface area (Å²) >= 11 is 0. The second-order valence-corrected chi connectivity index (χ2v) is 8.20. The molecule has 0 spiro atoms. The van der Waals surface area contributed by atoms with Crippen LogP contribution in [0, 0.1) is 5.92 Å². The third-order valence-corrected chi connectivity index (χ3v) is 6.29. The zero-order chi connectivity index (χ0) is 15.5. The van der Waals surface area contributed by atoms with Gasteiger partial charge < -0.3 is 5.11 Å². The van der Waals surface area contributed by atoms with Crippen LogP contribution in [-0.2, 0) is 22.4 Å². The minimum atomic E-state index is -3.29. The predicted octanol–water partition coefficient (Wildman–Crippen LogP) is 2.52. The van der Waals surface area contributed by atoms with E-state index in [0.717, 1.165) is 30.4 Å². The second kappa shape index (κ2) is 6.90. The maximum absolute atomic E-state index is 12.5. The average Bonchev–Trinajstić information content (AvgIpc) is 2.47. The average molecular weight is 311 g/mol. The van der Waals surface area contributed by atoms with Crippen molar-refractivity contribution in [3.63, 3.8) is 0 Å². The highest BCUT2D eigenvalue weighted by atomic mass is 32.2. The topological polar surface area (TPSA) is 57.6 Å². The van der Waals surface area contributed by atoms with Crippen LogP contribution >= 0.6 is 0 Å². The van der Waals surface area contributed by atoms with E-state index >= 15 is 0 Å². The lowest BCUT2D eigenvalue weighted by atomic mass is 9.87. The van der Waals surface area contributed by atoms with Gasteiger partial charge in [0.25, 0.3) is 0 Å². The lowest BCUT2D eigenvalue weighted by Crippen LogP contribution is -2.40. The van der Waals surface area contributed by atoms with Gasteiger partial charge in [-0.05, 0) is 29.9 Å². The molecule has 1 N–H and O–H groups in total. The number of aliphatic hydroxyl groups excluding tert-OH is 1. The van der Waals surface area contributed by atoms with Gasteiger partial charge in [0.1, 0.15) is 0 Å². The molecule has 1 aromatic rings. The van der Waals surface area contributed by atoms with Crippen molar-refractivity contribution < 1.29 is 13.5 Å². The first kappa shape index (κ1) is 16.5. The van der Waals surface area contributed by atoms with Crippen molar-refractivity contribution in [2.75, 3.05) is 7.05 Å². The number of hydrogen-bond donors (Lipinski definition) is 1. The summed E-state index contributed by atoms with van der Waals surface area (Å²) < 4.78 is 26.6. The van der Waals surface area contributed by atoms with Crippen molar-refractivity contribution in [2.45, 2.75) is 51.0 Å². The third-order valence-electron chi connectivity index (χ3n) is 4.42. The lowest BCUT2D eigenvalue weighted by molar-refractivity contribution is 0.239. The van der Waals surface area contributed by atoms with Crippen molar-refractivity contribution in [2.24, 2.45) is 5.92 Å². The molecule has 2 rings (SSSR count). The smallest absolute Gasteiger partial charge is 0.218 e. The molecule has 4 nitrogen and oxygen atoms in total. The lowest BCUT2D eigenvalue weighted by Gasteiger charge is -2.33. The molecule has 0 saturated heterocycles. The molecule has 5 heteroatoms. The molecule has 1 aliphatic rings. The van der Waals surface area contributed by atoms with Crippen molar-refractivity contribution in [1.82, 2.24) is 4.31 Å². The number of aliphatic hydroxyl groups is 1. The van der Waals surface area contributed by atoms with E-state index in [1.54, 1.807) is 35.6 Å². The minimum Gasteiger partial charge on any atom is -0.392 e. The van der Waals surface area contributed by atoms with Gasteiger partial charge in [-0.3, -0.25) is 0 Å². The Labute approximate surface area is 127 Å². The van der Waals surface area contributed by atoms with E-state index < -0.39 is 10.0 Å². The van der Waals surface area contributed by atoms with E-state index in [1.165, 1.54) is 6.42 Å². The van der Waals surface area contributed by atoms with E-state index in [9.17, 15) is 8.42 Å². The van der Waals surface area contributed by atoms with Crippen LogP contribution in [0.5, 0.6) is 0 Å². The Balaban J connectivity index is 2.05. The molecule has 1 saturated carbocycles. The van der Waals surface area contributed by atoms with Gasteiger partial charge in [-0.15, -0.1) is 0 Å². The van der Waals surface area contributed by atoms with E-state index in [0.29, 0.717) is 5.92 Å². The minimum absolute atomic E-state index is 0.0209. The van der Waals surface area contributed by atoms with Crippen LogP contribution in [-0.4, -0.2) is 30.9 Å². The molecule has 0 heterocycles. The highest BCUT2D eigenvalue weighted by molar-refractivity contribution is 7.88. The Morgan fingerprint density at radius 2 is 1.81 bits per heavy atom. The fourth-order valence-corrected chi connectivity index (χ4v) is 4.48. The molecule has 2 unspecified atom stereocenters. The van der Waals surface area contributed by atoms with Gasteiger partial charge >= 0.3 is 0 Å². The molecule has 0 radical (unpaired) electrons. The molecule has 1 aliphatic carbocycles. The van der Waals surface area contributed by atoms with Gasteiger partial charge in [0.05, 0.1) is 12.4 Å². The van der Waals surface area contributed by atoms with E-state index in [2.05, 4.69) is 6.92 Å². The first-order valence-corrected chi connectivity index (χ1v) is 9.17. The molecule has 0 aliphatic heterocycles. The number of benzene rings is 1. The molecule has 1 fully saturated rings. The zero-order valence-electron chi connectivity index (χ0n) is 12.8. The summed E-state index contributed by atoms with van der Waals surface area (Å²) in [5.41, 5.74) is 1.56. The zero-order valence-corrected chi connectivity index (χ0v) is 13.6. The van der Waals surface area contributed by atoms with Crippen molar-refractivity contribution in [3.05, 3.63) is 35.4 Å². The van der Waals surface area contributed by atoms with Gasteiger partial charge in [0.2, 0.25) is 10.0 Å². The molecule has 0 amide bonds. The van der Waals surface area contributed by atoms with Crippen LogP contribution < -0.4 is 0 Å². The third kappa shape index (κ3) is 4.28. The van der Waals surface area contributed by atoms with Gasteiger partial charge in [0, 0.05) is 13.1 Å². The summed E-state index contributed by atoms with van der Waals surface area (Å²) in [7, 11) is -1.58. The molecule has 118 valence electrons. The Morgan fingerprint density at radius 3 is 2.38 bits per heavy atom. The Hall–Kier alpha value is -0.910. The quantitative estimate of drug-likeness (QED) is 0.909. The van der Waals surface area contributed by atoms with E-state index in [1.807, 2.05) is 0 Å². The Kier molecular flexibility index (Phi) is 5.41. The summed E-state index contributed by atoms with van der Waals surface area (Å²) in [6.45, 7) is 2.17. The summed E-state index contributed by atoms with van der Waals surface area (Å²) in [4.78, 5) is 0. The molecule has 21 heavy (non-hydrogen) atoms. The van der Waals surface area contributed by atoms with Gasteiger partial charge in [-0.1, -0.05) is 44.0 Å². The van der Waals surface area contributed by atoms with Gasteiger partial charge in [-0.2, -0.15) is 0 Å². The van der Waals surface area contributed by atoms with Gasteiger partial charge in [0.15, 0.2) is 0 Å². The second-order valence-electron chi connectivity index (χ2n) is 6.17. The van der Waals surface area contributed by atoms with Crippen LogP contribution in [0.3, 0.4) is 0 Å². The molecule has 0 bridgehead atoms. The fraction of sp³-hybridized carbons (Fsp3) is 0.625. The maximum atomic E-state index is 12.5. The standard InChI is InChI=1S/C16H25NO3S/c1-13-4-3-5-16(10-13)17(2)21(19,20)12-15-8-6-14(11-18)7-9-15/h6-9,13,16,18H,3-5,10-12H2,1-2H3. The number of hydrogen-bond acceptors (Lipinski definition) is 3. The molecular formula is C16H25NO3S. The summed E-state index contributed by atoms with van der Waals surface area (Å²) in [6, 6.07) is 7.23. The number of nitrogens with zero attached hydrogens (tertiary/aromatic N) is 1. The monoisotopic (exact) mass is 311 g/mol. The van der Waals surface area contributed by atoms with Crippen LogP contribution in [0.4, 0.5) is 0 Å². The first-order valence-electron chi connectivity index (χ1n) is 7.57. The van der Waals surface area contributed by atoms with Crippen LogP contribution in [0.2, 0.25) is 0 Å². The summed E-state index contributed by atoms with van der Waals surface area (Å²) in [5.74, 6) is 0.630. The van der Waals surface area contributed by atoms with Gasteiger partial charge in [-0.25, -0.2) is 12.7 Å². The normalized spacial score (nSPS) is 23.4. The van der Waals surface area contributed by atoms with E-state index in [4.69, 9.17) is 5.11 Å². The molecule has 2 atom stereocenters. The summed E-state index contributed by atoms with van der Waals surface area (Å²) in [6.07, 6.45) is 4.23.